The summed E-state index contributed by atoms with van der Waals surface area (Å²) in [7, 11) is 1.88. The molecule has 0 radical (unpaired) electrons. The van der Waals surface area contributed by atoms with Gasteiger partial charge in [0.1, 0.15) is 11.3 Å². The molecule has 1 atom stereocenters. The molecule has 2 aromatic rings. The first-order valence-electron chi connectivity index (χ1n) is 4.95. The van der Waals surface area contributed by atoms with Gasteiger partial charge in [-0.2, -0.15) is 0 Å². The van der Waals surface area contributed by atoms with Gasteiger partial charge in [0.05, 0.1) is 5.52 Å². The monoisotopic (exact) mass is 207 g/mol. The Labute approximate surface area is 87.7 Å². The van der Waals surface area contributed by atoms with Gasteiger partial charge in [-0.3, -0.25) is 0 Å². The molecule has 3 nitrogen and oxygen atoms in total. The van der Waals surface area contributed by atoms with Gasteiger partial charge in [0.25, 0.3) is 0 Å². The number of aromatic nitrogens is 2. The van der Waals surface area contributed by atoms with Crippen molar-refractivity contribution in [2.24, 2.45) is 12.8 Å². The summed E-state index contributed by atoms with van der Waals surface area (Å²) in [4.78, 5) is 4.26. The molecule has 0 fully saturated rings. The van der Waals surface area contributed by atoms with E-state index in [1.807, 2.05) is 24.6 Å². The number of nitrogens with two attached hydrogens (primary N) is 1. The number of fused-ring (bicyclic) bond motifs is 1. The first-order chi connectivity index (χ1) is 7.09. The molecule has 2 N–H and O–H groups in total. The smallest absolute Gasteiger partial charge is 0.151 e. The average Bonchev–Trinajstić information content (AvgIpc) is 2.46. The molecule has 1 heterocycles. The summed E-state index contributed by atoms with van der Waals surface area (Å²) in [6.07, 6.45) is 0.657. The zero-order valence-corrected chi connectivity index (χ0v) is 8.87. The van der Waals surface area contributed by atoms with Crippen LogP contribution in [0.15, 0.2) is 18.2 Å². The molecule has 0 saturated carbocycles. The predicted octanol–water partition coefficient (Wildman–Crippen LogP) is 1.60. The Bertz CT molecular complexity index is 488. The molecule has 80 valence electrons. The number of nitrogens with zero attached hydrogens (tertiary/aromatic N) is 2. The number of aryl methyl sites for hydroxylation is 1. The number of imidazole rings is 1. The molecule has 0 bridgehead atoms. The van der Waals surface area contributed by atoms with Crippen molar-refractivity contribution in [1.82, 2.24) is 9.55 Å². The normalized spacial score (nSPS) is 13.3. The van der Waals surface area contributed by atoms with E-state index in [-0.39, 0.29) is 11.9 Å². The zero-order chi connectivity index (χ0) is 11.0. The van der Waals surface area contributed by atoms with Crippen LogP contribution in [-0.2, 0) is 13.5 Å². The fourth-order valence-corrected chi connectivity index (χ4v) is 1.70. The third kappa shape index (κ3) is 1.72. The molecule has 0 spiro atoms. The van der Waals surface area contributed by atoms with Crippen LogP contribution in [0.25, 0.3) is 11.0 Å². The lowest BCUT2D eigenvalue weighted by molar-refractivity contribution is 0.636. The number of para-hydroxylation sites is 1. The molecule has 0 aliphatic heterocycles. The van der Waals surface area contributed by atoms with Gasteiger partial charge >= 0.3 is 0 Å². The van der Waals surface area contributed by atoms with Gasteiger partial charge in [-0.1, -0.05) is 6.07 Å². The Morgan fingerprint density at radius 1 is 1.53 bits per heavy atom. The fourth-order valence-electron chi connectivity index (χ4n) is 1.70. The topological polar surface area (TPSA) is 43.8 Å². The lowest BCUT2D eigenvalue weighted by Crippen LogP contribution is -2.19. The third-order valence-corrected chi connectivity index (χ3v) is 2.46. The summed E-state index contributed by atoms with van der Waals surface area (Å²) in [5, 5.41) is 0. The van der Waals surface area contributed by atoms with Crippen molar-refractivity contribution in [3.05, 3.63) is 29.8 Å². The molecule has 0 aliphatic rings. The third-order valence-electron chi connectivity index (χ3n) is 2.46. The summed E-state index contributed by atoms with van der Waals surface area (Å²) in [6, 6.07) is 5.00. The van der Waals surface area contributed by atoms with Crippen LogP contribution in [-0.4, -0.2) is 15.6 Å². The largest absolute Gasteiger partial charge is 0.331 e. The maximum atomic E-state index is 13.4. The van der Waals surface area contributed by atoms with E-state index in [0.29, 0.717) is 11.9 Å². The van der Waals surface area contributed by atoms with Crippen LogP contribution < -0.4 is 5.73 Å². The number of halogens is 1. The highest BCUT2D eigenvalue weighted by Crippen LogP contribution is 2.18. The highest BCUT2D eigenvalue weighted by Gasteiger charge is 2.11. The minimum atomic E-state index is -0.279. The molecule has 4 heteroatoms. The van der Waals surface area contributed by atoms with Crippen molar-refractivity contribution < 1.29 is 4.39 Å². The van der Waals surface area contributed by atoms with Crippen molar-refractivity contribution in [1.29, 1.82) is 0 Å². The molecule has 1 unspecified atom stereocenters. The van der Waals surface area contributed by atoms with E-state index in [1.54, 1.807) is 6.07 Å². The second kappa shape index (κ2) is 3.62. The molecule has 2 rings (SSSR count). The van der Waals surface area contributed by atoms with Crippen LogP contribution in [0.5, 0.6) is 0 Å². The maximum absolute atomic E-state index is 13.4. The Balaban J connectivity index is 2.59. The maximum Gasteiger partial charge on any atom is 0.151 e. The van der Waals surface area contributed by atoms with Crippen molar-refractivity contribution in [3.8, 4) is 0 Å². The Morgan fingerprint density at radius 3 is 2.87 bits per heavy atom. The molecule has 1 aromatic heterocycles. The van der Waals surface area contributed by atoms with E-state index in [4.69, 9.17) is 5.73 Å². The second-order valence-electron chi connectivity index (χ2n) is 3.88. The first-order valence-corrected chi connectivity index (χ1v) is 4.95. The van der Waals surface area contributed by atoms with Crippen LogP contribution >= 0.6 is 0 Å². The van der Waals surface area contributed by atoms with E-state index in [1.165, 1.54) is 6.07 Å². The average molecular weight is 207 g/mol. The molecular weight excluding hydrogens is 193 g/mol. The minimum absolute atomic E-state index is 0.0311. The van der Waals surface area contributed by atoms with Crippen LogP contribution in [0.4, 0.5) is 4.39 Å². The van der Waals surface area contributed by atoms with Crippen LogP contribution in [0.2, 0.25) is 0 Å². The van der Waals surface area contributed by atoms with E-state index in [9.17, 15) is 4.39 Å². The molecule has 0 saturated heterocycles. The van der Waals surface area contributed by atoms with E-state index in [2.05, 4.69) is 4.98 Å². The van der Waals surface area contributed by atoms with Crippen LogP contribution in [0.1, 0.15) is 12.7 Å². The molecular formula is C11H14FN3. The van der Waals surface area contributed by atoms with Gasteiger partial charge in [-0.05, 0) is 19.1 Å². The van der Waals surface area contributed by atoms with E-state index >= 15 is 0 Å². The fraction of sp³-hybridized carbons (Fsp3) is 0.364. The lowest BCUT2D eigenvalue weighted by atomic mass is 10.2. The Kier molecular flexibility index (Phi) is 2.44. The van der Waals surface area contributed by atoms with Gasteiger partial charge < -0.3 is 10.3 Å². The van der Waals surface area contributed by atoms with Gasteiger partial charge in [0.15, 0.2) is 5.82 Å². The highest BCUT2D eigenvalue weighted by atomic mass is 19.1. The summed E-state index contributed by atoms with van der Waals surface area (Å²) in [5.41, 5.74) is 6.94. The standard InChI is InChI=1S/C11H14FN3/c1-7(13)6-10-14-11-8(12)4-3-5-9(11)15(10)2/h3-5,7H,6,13H2,1-2H3. The number of hydrogen-bond acceptors (Lipinski definition) is 2. The number of hydrogen-bond donors (Lipinski definition) is 1. The summed E-state index contributed by atoms with van der Waals surface area (Å²) in [6.45, 7) is 1.91. The lowest BCUT2D eigenvalue weighted by Gasteiger charge is -2.04. The van der Waals surface area contributed by atoms with Gasteiger partial charge in [0.2, 0.25) is 0 Å². The highest BCUT2D eigenvalue weighted by molar-refractivity contribution is 5.76. The predicted molar refractivity (Wildman–Crippen MR) is 58.0 cm³/mol. The number of benzene rings is 1. The van der Waals surface area contributed by atoms with Crippen LogP contribution in [0.3, 0.4) is 0 Å². The van der Waals surface area contributed by atoms with E-state index in [0.717, 1.165) is 11.3 Å². The molecule has 0 aliphatic carbocycles. The van der Waals surface area contributed by atoms with Crippen molar-refractivity contribution in [3.63, 3.8) is 0 Å². The van der Waals surface area contributed by atoms with Crippen LogP contribution in [0, 0.1) is 5.82 Å². The zero-order valence-electron chi connectivity index (χ0n) is 8.87. The van der Waals surface area contributed by atoms with Crippen molar-refractivity contribution >= 4 is 11.0 Å². The van der Waals surface area contributed by atoms with Crippen molar-refractivity contribution in [2.75, 3.05) is 0 Å². The Hall–Kier alpha value is -1.42. The van der Waals surface area contributed by atoms with E-state index < -0.39 is 0 Å². The van der Waals surface area contributed by atoms with Gasteiger partial charge in [-0.25, -0.2) is 9.37 Å². The summed E-state index contributed by atoms with van der Waals surface area (Å²) >= 11 is 0. The van der Waals surface area contributed by atoms with Gasteiger partial charge in [0, 0.05) is 19.5 Å². The number of rotatable bonds is 2. The SMILES string of the molecule is CC(N)Cc1nc2c(F)cccc2n1C. The molecule has 0 amide bonds. The molecule has 1 aromatic carbocycles. The van der Waals surface area contributed by atoms with Gasteiger partial charge in [-0.15, -0.1) is 0 Å². The summed E-state index contributed by atoms with van der Waals surface area (Å²) in [5.74, 6) is 0.545. The Morgan fingerprint density at radius 2 is 2.27 bits per heavy atom. The molecule has 15 heavy (non-hydrogen) atoms. The quantitative estimate of drug-likeness (QED) is 0.813. The summed E-state index contributed by atoms with van der Waals surface area (Å²) < 4.78 is 15.3. The minimum Gasteiger partial charge on any atom is -0.331 e. The second-order valence-corrected chi connectivity index (χ2v) is 3.88. The van der Waals surface area contributed by atoms with Crippen molar-refractivity contribution in [2.45, 2.75) is 19.4 Å². The first kappa shape index (κ1) is 10.1.